The summed E-state index contributed by atoms with van der Waals surface area (Å²) in [5, 5.41) is 7.77. The zero-order valence-electron chi connectivity index (χ0n) is 19.0. The zero-order chi connectivity index (χ0) is 21.5. The fourth-order valence-electron chi connectivity index (χ4n) is 3.34. The molecule has 0 aliphatic carbocycles. The molecule has 0 aliphatic heterocycles. The normalized spacial score (nSPS) is 12.6. The molecule has 0 fully saturated rings. The number of furan rings is 1. The Balaban J connectivity index is 0.00000341. The van der Waals surface area contributed by atoms with E-state index in [1.807, 2.05) is 37.5 Å². The van der Waals surface area contributed by atoms with E-state index in [9.17, 15) is 0 Å². The van der Waals surface area contributed by atoms with E-state index >= 15 is 0 Å². The number of guanidine groups is 1. The van der Waals surface area contributed by atoms with Gasteiger partial charge in [-0.15, -0.1) is 24.0 Å². The van der Waals surface area contributed by atoms with Crippen molar-refractivity contribution in [2.24, 2.45) is 10.9 Å². The standard InChI is InChI=1S/C23H33N5O2.HI/c1-6-24-23(26-14-21-25-11-12-28(21)15-16(3)4)27-17(5)20-13-18-9-8-10-19(29-7-2)22(18)30-20;/h8-13,16-17H,6-7,14-15H2,1-5H3,(H2,24,26,27);1H. The number of ether oxygens (including phenoxy) is 1. The van der Waals surface area contributed by atoms with Crippen LogP contribution in [0.5, 0.6) is 5.75 Å². The lowest BCUT2D eigenvalue weighted by Crippen LogP contribution is -2.38. The van der Waals surface area contributed by atoms with Gasteiger partial charge in [0.25, 0.3) is 0 Å². The predicted molar refractivity (Wildman–Crippen MR) is 136 cm³/mol. The number of aromatic nitrogens is 2. The minimum Gasteiger partial charge on any atom is -0.490 e. The van der Waals surface area contributed by atoms with Crippen molar-refractivity contribution in [2.45, 2.75) is 53.8 Å². The molecular weight excluding hydrogens is 505 g/mol. The molecule has 0 radical (unpaired) electrons. The molecule has 3 rings (SSSR count). The van der Waals surface area contributed by atoms with Gasteiger partial charge in [-0.1, -0.05) is 26.0 Å². The van der Waals surface area contributed by atoms with Crippen molar-refractivity contribution in [3.8, 4) is 5.75 Å². The third-order valence-corrected chi connectivity index (χ3v) is 4.69. The third kappa shape index (κ3) is 6.62. The van der Waals surface area contributed by atoms with E-state index in [0.717, 1.165) is 47.4 Å². The molecule has 170 valence electrons. The topological polar surface area (TPSA) is 76.6 Å². The lowest BCUT2D eigenvalue weighted by molar-refractivity contribution is 0.336. The van der Waals surface area contributed by atoms with Gasteiger partial charge in [-0.3, -0.25) is 0 Å². The van der Waals surface area contributed by atoms with Gasteiger partial charge >= 0.3 is 0 Å². The molecule has 0 saturated heterocycles. The lowest BCUT2D eigenvalue weighted by atomic mass is 10.2. The molecule has 1 aromatic carbocycles. The maximum absolute atomic E-state index is 6.12. The largest absolute Gasteiger partial charge is 0.490 e. The smallest absolute Gasteiger partial charge is 0.192 e. The van der Waals surface area contributed by atoms with E-state index in [0.29, 0.717) is 19.1 Å². The molecule has 2 N–H and O–H groups in total. The van der Waals surface area contributed by atoms with Gasteiger partial charge < -0.3 is 24.4 Å². The van der Waals surface area contributed by atoms with Crippen molar-refractivity contribution >= 4 is 40.9 Å². The maximum Gasteiger partial charge on any atom is 0.192 e. The number of nitrogens with one attached hydrogen (secondary N) is 2. The van der Waals surface area contributed by atoms with Crippen molar-refractivity contribution in [1.29, 1.82) is 0 Å². The fraction of sp³-hybridized carbons (Fsp3) is 0.478. The molecule has 8 heteroatoms. The van der Waals surface area contributed by atoms with E-state index in [1.54, 1.807) is 0 Å². The summed E-state index contributed by atoms with van der Waals surface area (Å²) in [6.07, 6.45) is 3.85. The van der Waals surface area contributed by atoms with Crippen LogP contribution in [0.4, 0.5) is 0 Å². The number of nitrogens with zero attached hydrogens (tertiary/aromatic N) is 3. The van der Waals surface area contributed by atoms with Crippen LogP contribution in [0.15, 0.2) is 46.1 Å². The summed E-state index contributed by atoms with van der Waals surface area (Å²) in [5.41, 5.74) is 0.778. The number of rotatable bonds is 9. The van der Waals surface area contributed by atoms with Crippen LogP contribution in [0.3, 0.4) is 0 Å². The Morgan fingerprint density at radius 3 is 2.77 bits per heavy atom. The minimum absolute atomic E-state index is 0. The summed E-state index contributed by atoms with van der Waals surface area (Å²) in [5.74, 6) is 3.85. The highest BCUT2D eigenvalue weighted by Crippen LogP contribution is 2.31. The molecule has 31 heavy (non-hydrogen) atoms. The van der Waals surface area contributed by atoms with Gasteiger partial charge in [-0.05, 0) is 38.8 Å². The average Bonchev–Trinajstić information content (AvgIpc) is 3.33. The molecule has 0 saturated carbocycles. The first-order valence-electron chi connectivity index (χ1n) is 10.7. The van der Waals surface area contributed by atoms with Crippen molar-refractivity contribution < 1.29 is 9.15 Å². The lowest BCUT2D eigenvalue weighted by Gasteiger charge is -2.16. The molecule has 0 spiro atoms. The van der Waals surface area contributed by atoms with E-state index in [4.69, 9.17) is 14.1 Å². The summed E-state index contributed by atoms with van der Waals surface area (Å²) in [4.78, 5) is 9.20. The second kappa shape index (κ2) is 12.0. The van der Waals surface area contributed by atoms with Crippen molar-refractivity contribution in [1.82, 2.24) is 20.2 Å². The Hall–Kier alpha value is -2.23. The van der Waals surface area contributed by atoms with E-state index in [1.165, 1.54) is 0 Å². The van der Waals surface area contributed by atoms with Crippen LogP contribution in [0.2, 0.25) is 0 Å². The summed E-state index contributed by atoms with van der Waals surface area (Å²) in [7, 11) is 0. The van der Waals surface area contributed by atoms with Crippen LogP contribution >= 0.6 is 24.0 Å². The number of hydrogen-bond acceptors (Lipinski definition) is 4. The van der Waals surface area contributed by atoms with E-state index in [-0.39, 0.29) is 30.0 Å². The quantitative estimate of drug-likeness (QED) is 0.224. The molecule has 2 aromatic heterocycles. The maximum atomic E-state index is 6.12. The number of halogens is 1. The van der Waals surface area contributed by atoms with Crippen LogP contribution < -0.4 is 15.4 Å². The second-order valence-electron chi connectivity index (χ2n) is 7.71. The Kier molecular flexibility index (Phi) is 9.67. The summed E-state index contributed by atoms with van der Waals surface area (Å²) < 4.78 is 14.0. The number of aliphatic imine (C=N–C) groups is 1. The molecule has 0 bridgehead atoms. The van der Waals surface area contributed by atoms with Gasteiger partial charge in [0.15, 0.2) is 17.3 Å². The highest BCUT2D eigenvalue weighted by atomic mass is 127. The monoisotopic (exact) mass is 539 g/mol. The molecule has 3 aromatic rings. The van der Waals surface area contributed by atoms with Crippen LogP contribution in [-0.4, -0.2) is 28.7 Å². The Bertz CT molecular complexity index is 979. The summed E-state index contributed by atoms with van der Waals surface area (Å²) in [6, 6.07) is 7.94. The van der Waals surface area contributed by atoms with Gasteiger partial charge in [0, 0.05) is 30.9 Å². The van der Waals surface area contributed by atoms with Crippen molar-refractivity contribution in [2.75, 3.05) is 13.2 Å². The van der Waals surface area contributed by atoms with Gasteiger partial charge in [0.2, 0.25) is 0 Å². The molecule has 0 aliphatic rings. The highest BCUT2D eigenvalue weighted by Gasteiger charge is 2.16. The average molecular weight is 539 g/mol. The Labute approximate surface area is 201 Å². The van der Waals surface area contributed by atoms with E-state index in [2.05, 4.69) is 53.9 Å². The molecule has 1 unspecified atom stereocenters. The van der Waals surface area contributed by atoms with Crippen LogP contribution in [-0.2, 0) is 13.1 Å². The number of hydrogen-bond donors (Lipinski definition) is 2. The van der Waals surface area contributed by atoms with Gasteiger partial charge in [0.1, 0.15) is 18.1 Å². The number of imidazole rings is 1. The molecule has 0 amide bonds. The van der Waals surface area contributed by atoms with Gasteiger partial charge in [0.05, 0.1) is 12.6 Å². The first-order valence-corrected chi connectivity index (χ1v) is 10.7. The second-order valence-corrected chi connectivity index (χ2v) is 7.71. The molecule has 1 atom stereocenters. The van der Waals surface area contributed by atoms with Crippen LogP contribution in [0, 0.1) is 5.92 Å². The Morgan fingerprint density at radius 1 is 1.26 bits per heavy atom. The van der Waals surface area contributed by atoms with Crippen LogP contribution in [0.1, 0.15) is 52.2 Å². The summed E-state index contributed by atoms with van der Waals surface area (Å²) >= 11 is 0. The number of benzene rings is 1. The van der Waals surface area contributed by atoms with E-state index < -0.39 is 0 Å². The van der Waals surface area contributed by atoms with Crippen molar-refractivity contribution in [3.05, 3.63) is 48.2 Å². The SMILES string of the molecule is CCNC(=NCc1nccn1CC(C)C)NC(C)c1cc2cccc(OCC)c2o1.I. The predicted octanol–water partition coefficient (Wildman–Crippen LogP) is 5.12. The number of fused-ring (bicyclic) bond motifs is 1. The zero-order valence-corrected chi connectivity index (χ0v) is 21.3. The fourth-order valence-corrected chi connectivity index (χ4v) is 3.34. The first-order chi connectivity index (χ1) is 14.5. The van der Waals surface area contributed by atoms with Gasteiger partial charge in [-0.25, -0.2) is 9.98 Å². The summed E-state index contributed by atoms with van der Waals surface area (Å²) in [6.45, 7) is 13.3. The first kappa shape index (κ1) is 25.0. The number of para-hydroxylation sites is 1. The molecular formula is C23H34IN5O2. The molecule has 2 heterocycles. The minimum atomic E-state index is -0.0555. The highest BCUT2D eigenvalue weighted by molar-refractivity contribution is 14.0. The van der Waals surface area contributed by atoms with Crippen molar-refractivity contribution in [3.63, 3.8) is 0 Å². The molecule has 7 nitrogen and oxygen atoms in total. The van der Waals surface area contributed by atoms with Gasteiger partial charge in [-0.2, -0.15) is 0 Å². The van der Waals surface area contributed by atoms with Crippen LogP contribution in [0.25, 0.3) is 11.0 Å². The third-order valence-electron chi connectivity index (χ3n) is 4.69. The Morgan fingerprint density at radius 2 is 2.06 bits per heavy atom.